The summed E-state index contributed by atoms with van der Waals surface area (Å²) in [5, 5.41) is 4.28. The zero-order valence-electron chi connectivity index (χ0n) is 10.7. The van der Waals surface area contributed by atoms with Crippen LogP contribution in [-0.4, -0.2) is 65.5 Å². The monoisotopic (exact) mass is 251 g/mol. The van der Waals surface area contributed by atoms with Crippen LogP contribution in [0.25, 0.3) is 0 Å². The van der Waals surface area contributed by atoms with Crippen LogP contribution >= 0.6 is 0 Å². The van der Waals surface area contributed by atoms with E-state index in [2.05, 4.69) is 14.9 Å². The van der Waals surface area contributed by atoms with Gasteiger partial charge in [0, 0.05) is 45.3 Å². The molecule has 0 unspecified atom stereocenters. The second-order valence-corrected chi connectivity index (χ2v) is 5.01. The molecule has 0 bridgehead atoms. The van der Waals surface area contributed by atoms with Gasteiger partial charge in [0.1, 0.15) is 5.82 Å². The second-order valence-electron chi connectivity index (χ2n) is 5.01. The lowest BCUT2D eigenvalue weighted by atomic mass is 10.3. The molecule has 100 valence electrons. The highest BCUT2D eigenvalue weighted by Crippen LogP contribution is 2.14. The standard InChI is InChI=1S/C12H21N5O/c13-12-9-11-10-16(3-4-17(11)14-12)2-1-15-5-7-18-8-6-15/h9H,1-8,10H2,(H2,13,14). The summed E-state index contributed by atoms with van der Waals surface area (Å²) in [6.45, 7) is 9.13. The van der Waals surface area contributed by atoms with Gasteiger partial charge in [0.05, 0.1) is 25.5 Å². The van der Waals surface area contributed by atoms with E-state index in [4.69, 9.17) is 10.5 Å². The van der Waals surface area contributed by atoms with Crippen molar-refractivity contribution in [3.63, 3.8) is 0 Å². The van der Waals surface area contributed by atoms with Crippen molar-refractivity contribution in [2.45, 2.75) is 13.1 Å². The summed E-state index contributed by atoms with van der Waals surface area (Å²) in [5.41, 5.74) is 6.96. The minimum Gasteiger partial charge on any atom is -0.382 e. The third kappa shape index (κ3) is 2.66. The van der Waals surface area contributed by atoms with E-state index in [-0.39, 0.29) is 0 Å². The van der Waals surface area contributed by atoms with E-state index in [0.29, 0.717) is 5.82 Å². The molecule has 2 aliphatic heterocycles. The van der Waals surface area contributed by atoms with Crippen molar-refractivity contribution in [1.82, 2.24) is 19.6 Å². The van der Waals surface area contributed by atoms with Crippen molar-refractivity contribution >= 4 is 5.82 Å². The molecule has 0 atom stereocenters. The van der Waals surface area contributed by atoms with Gasteiger partial charge in [-0.05, 0) is 0 Å². The molecule has 2 N–H and O–H groups in total. The van der Waals surface area contributed by atoms with Gasteiger partial charge in [-0.3, -0.25) is 14.5 Å². The number of rotatable bonds is 3. The zero-order chi connectivity index (χ0) is 12.4. The van der Waals surface area contributed by atoms with Crippen LogP contribution in [-0.2, 0) is 17.8 Å². The van der Waals surface area contributed by atoms with Crippen molar-refractivity contribution in [1.29, 1.82) is 0 Å². The SMILES string of the molecule is Nc1cc2n(n1)CCN(CCN1CCOCC1)C2. The minimum atomic E-state index is 0.639. The smallest absolute Gasteiger partial charge is 0.145 e. The molecule has 6 heteroatoms. The number of hydrogen-bond donors (Lipinski definition) is 1. The van der Waals surface area contributed by atoms with Gasteiger partial charge in [-0.1, -0.05) is 0 Å². The first-order valence-corrected chi connectivity index (χ1v) is 6.66. The summed E-state index contributed by atoms with van der Waals surface area (Å²) in [6.07, 6.45) is 0. The molecule has 1 fully saturated rings. The topological polar surface area (TPSA) is 59.6 Å². The van der Waals surface area contributed by atoms with E-state index in [1.54, 1.807) is 0 Å². The van der Waals surface area contributed by atoms with Crippen LogP contribution in [0.15, 0.2) is 6.07 Å². The number of hydrogen-bond acceptors (Lipinski definition) is 5. The molecule has 0 aliphatic carbocycles. The maximum absolute atomic E-state index is 5.72. The molecule has 3 heterocycles. The molecular formula is C12H21N5O. The summed E-state index contributed by atoms with van der Waals surface area (Å²) in [4.78, 5) is 4.95. The number of nitrogens with two attached hydrogens (primary N) is 1. The molecule has 0 saturated carbocycles. The molecule has 1 aromatic heterocycles. The molecule has 2 aliphatic rings. The summed E-state index contributed by atoms with van der Waals surface area (Å²) in [5.74, 6) is 0.639. The lowest BCUT2D eigenvalue weighted by Gasteiger charge is -2.32. The van der Waals surface area contributed by atoms with Crippen LogP contribution in [0.2, 0.25) is 0 Å². The number of ether oxygens (including phenoxy) is 1. The third-order valence-corrected chi connectivity index (χ3v) is 3.73. The first-order valence-electron chi connectivity index (χ1n) is 6.66. The summed E-state index contributed by atoms with van der Waals surface area (Å²) in [7, 11) is 0. The van der Waals surface area contributed by atoms with Crippen molar-refractivity contribution in [3.8, 4) is 0 Å². The largest absolute Gasteiger partial charge is 0.382 e. The number of nitrogen functional groups attached to an aromatic ring is 1. The first kappa shape index (κ1) is 12.0. The van der Waals surface area contributed by atoms with Gasteiger partial charge in [0.15, 0.2) is 0 Å². The van der Waals surface area contributed by atoms with Gasteiger partial charge in [-0.2, -0.15) is 5.10 Å². The molecule has 0 aromatic carbocycles. The van der Waals surface area contributed by atoms with Crippen LogP contribution in [0, 0.1) is 0 Å². The van der Waals surface area contributed by atoms with Crippen LogP contribution < -0.4 is 5.73 Å². The molecule has 6 nitrogen and oxygen atoms in total. The number of aromatic nitrogens is 2. The first-order chi connectivity index (χ1) is 8.81. The molecule has 3 rings (SSSR count). The van der Waals surface area contributed by atoms with Crippen LogP contribution in [0.3, 0.4) is 0 Å². The van der Waals surface area contributed by atoms with Crippen LogP contribution in [0.4, 0.5) is 5.82 Å². The Labute approximate surface area is 107 Å². The predicted octanol–water partition coefficient (Wildman–Crippen LogP) is -0.387. The van der Waals surface area contributed by atoms with Gasteiger partial charge < -0.3 is 10.5 Å². The maximum atomic E-state index is 5.72. The van der Waals surface area contributed by atoms with Crippen molar-refractivity contribution in [3.05, 3.63) is 11.8 Å². The fourth-order valence-electron chi connectivity index (χ4n) is 2.64. The fourth-order valence-corrected chi connectivity index (χ4v) is 2.64. The average Bonchev–Trinajstić information content (AvgIpc) is 2.77. The van der Waals surface area contributed by atoms with E-state index in [9.17, 15) is 0 Å². The van der Waals surface area contributed by atoms with Crippen molar-refractivity contribution in [2.24, 2.45) is 0 Å². The summed E-state index contributed by atoms with van der Waals surface area (Å²) < 4.78 is 7.39. The molecule has 0 amide bonds. The molecule has 18 heavy (non-hydrogen) atoms. The van der Waals surface area contributed by atoms with E-state index < -0.39 is 0 Å². The van der Waals surface area contributed by atoms with Crippen molar-refractivity contribution < 1.29 is 4.74 Å². The lowest BCUT2D eigenvalue weighted by molar-refractivity contribution is 0.0318. The highest BCUT2D eigenvalue weighted by Gasteiger charge is 2.18. The lowest BCUT2D eigenvalue weighted by Crippen LogP contribution is -2.43. The summed E-state index contributed by atoms with van der Waals surface area (Å²) >= 11 is 0. The van der Waals surface area contributed by atoms with Crippen molar-refractivity contribution in [2.75, 3.05) is 51.7 Å². The zero-order valence-corrected chi connectivity index (χ0v) is 10.7. The van der Waals surface area contributed by atoms with E-state index in [1.165, 1.54) is 5.69 Å². The second kappa shape index (κ2) is 5.26. The van der Waals surface area contributed by atoms with Gasteiger partial charge >= 0.3 is 0 Å². The van der Waals surface area contributed by atoms with E-state index in [0.717, 1.165) is 59.0 Å². The third-order valence-electron chi connectivity index (χ3n) is 3.73. The highest BCUT2D eigenvalue weighted by molar-refractivity contribution is 5.29. The Balaban J connectivity index is 1.50. The molecular weight excluding hydrogens is 230 g/mol. The van der Waals surface area contributed by atoms with Gasteiger partial charge in [-0.25, -0.2) is 0 Å². The van der Waals surface area contributed by atoms with Crippen LogP contribution in [0.1, 0.15) is 5.69 Å². The average molecular weight is 251 g/mol. The number of fused-ring (bicyclic) bond motifs is 1. The Bertz CT molecular complexity index is 399. The number of morpholine rings is 1. The van der Waals surface area contributed by atoms with E-state index in [1.807, 2.05) is 10.7 Å². The molecule has 1 aromatic rings. The fraction of sp³-hybridized carbons (Fsp3) is 0.750. The van der Waals surface area contributed by atoms with Gasteiger partial charge in [0.2, 0.25) is 0 Å². The Kier molecular flexibility index (Phi) is 3.49. The summed E-state index contributed by atoms with van der Waals surface area (Å²) in [6, 6.07) is 1.99. The maximum Gasteiger partial charge on any atom is 0.145 e. The minimum absolute atomic E-state index is 0.639. The quantitative estimate of drug-likeness (QED) is 0.793. The Hall–Kier alpha value is -1.11. The Morgan fingerprint density at radius 3 is 2.72 bits per heavy atom. The number of nitrogens with zero attached hydrogens (tertiary/aromatic N) is 4. The molecule has 0 spiro atoms. The highest BCUT2D eigenvalue weighted by atomic mass is 16.5. The number of anilines is 1. The van der Waals surface area contributed by atoms with E-state index >= 15 is 0 Å². The predicted molar refractivity (Wildman–Crippen MR) is 69.2 cm³/mol. The van der Waals surface area contributed by atoms with Crippen LogP contribution in [0.5, 0.6) is 0 Å². The molecule has 1 saturated heterocycles. The van der Waals surface area contributed by atoms with Gasteiger partial charge in [0.25, 0.3) is 0 Å². The Morgan fingerprint density at radius 1 is 1.11 bits per heavy atom. The Morgan fingerprint density at radius 2 is 1.89 bits per heavy atom. The van der Waals surface area contributed by atoms with Gasteiger partial charge in [-0.15, -0.1) is 0 Å². The molecule has 0 radical (unpaired) electrons. The normalized spacial score (nSPS) is 22.0.